The Morgan fingerprint density at radius 3 is 1.71 bits per heavy atom. The number of hydrogen-bond acceptors (Lipinski definition) is 4. The van der Waals surface area contributed by atoms with Crippen LogP contribution in [0.3, 0.4) is 0 Å². The molecular formula is C26H29O4P. The molecule has 0 bridgehead atoms. The largest absolute Gasteiger partial charge is 0.382 e. The lowest BCUT2D eigenvalue weighted by Gasteiger charge is -2.14. The van der Waals surface area contributed by atoms with E-state index in [1.165, 1.54) is 13.8 Å². The predicted octanol–water partition coefficient (Wildman–Crippen LogP) is 5.28. The van der Waals surface area contributed by atoms with Crippen LogP contribution >= 0.6 is 7.80 Å². The summed E-state index contributed by atoms with van der Waals surface area (Å²) in [6.07, 6.45) is 0. The minimum atomic E-state index is -2.44. The van der Waals surface area contributed by atoms with Gasteiger partial charge in [-0.25, -0.2) is 0 Å². The molecule has 0 aromatic heterocycles. The van der Waals surface area contributed by atoms with Crippen LogP contribution in [0, 0.1) is 20.8 Å². The Labute approximate surface area is 184 Å². The van der Waals surface area contributed by atoms with Gasteiger partial charge in [0.15, 0.2) is 13.6 Å². The molecule has 162 valence electrons. The Morgan fingerprint density at radius 1 is 0.806 bits per heavy atom. The van der Waals surface area contributed by atoms with Crippen LogP contribution in [0.5, 0.6) is 0 Å². The first-order valence-corrected chi connectivity index (χ1v) is 11.5. The lowest BCUT2D eigenvalue weighted by atomic mass is 9.97. The average Bonchev–Trinajstić information content (AvgIpc) is 2.73. The standard InChI is InChI=1S/C16H17O2P.C10H12O2/c1-11-9-12(2)15(13(3)10-11)16(17)19(18)14-7-5-4-6-8-14;1-10(2,12)9(11)8-6-4-3-5-7-8/h4-10,19H,1-3H3;3-7,12H,1-2H3. The van der Waals surface area contributed by atoms with Crippen molar-refractivity contribution in [1.29, 1.82) is 0 Å². The quantitative estimate of drug-likeness (QED) is 0.436. The molecule has 0 radical (unpaired) electrons. The van der Waals surface area contributed by atoms with Crippen LogP contribution in [0.25, 0.3) is 0 Å². The minimum Gasteiger partial charge on any atom is -0.382 e. The summed E-state index contributed by atoms with van der Waals surface area (Å²) in [7, 11) is -2.44. The molecule has 0 saturated heterocycles. The van der Waals surface area contributed by atoms with Gasteiger partial charge in [-0.1, -0.05) is 78.4 Å². The summed E-state index contributed by atoms with van der Waals surface area (Å²) in [4.78, 5) is 23.8. The molecule has 5 heteroatoms. The van der Waals surface area contributed by atoms with Crippen molar-refractivity contribution in [3.05, 3.63) is 101 Å². The van der Waals surface area contributed by atoms with Gasteiger partial charge in [0.05, 0.1) is 0 Å². The van der Waals surface area contributed by atoms with Gasteiger partial charge in [-0.3, -0.25) is 9.59 Å². The fourth-order valence-electron chi connectivity index (χ4n) is 3.32. The van der Waals surface area contributed by atoms with E-state index in [0.29, 0.717) is 16.4 Å². The second-order valence-corrected chi connectivity index (χ2v) is 9.74. The maximum absolute atomic E-state index is 12.4. The zero-order valence-corrected chi connectivity index (χ0v) is 19.6. The van der Waals surface area contributed by atoms with Gasteiger partial charge in [-0.15, -0.1) is 0 Å². The van der Waals surface area contributed by atoms with Crippen LogP contribution in [0.4, 0.5) is 0 Å². The first-order chi connectivity index (χ1) is 14.5. The fraction of sp³-hybridized carbons (Fsp3) is 0.231. The number of rotatable bonds is 5. The van der Waals surface area contributed by atoms with E-state index in [-0.39, 0.29) is 11.3 Å². The molecular weight excluding hydrogens is 407 g/mol. The van der Waals surface area contributed by atoms with Crippen LogP contribution in [0.2, 0.25) is 0 Å². The number of carbonyl (C=O) groups excluding carboxylic acids is 2. The Bertz CT molecular complexity index is 1060. The summed E-state index contributed by atoms with van der Waals surface area (Å²) in [5, 5.41) is 10.0. The number of aliphatic hydroxyl groups is 1. The third-order valence-electron chi connectivity index (χ3n) is 4.74. The topological polar surface area (TPSA) is 71.4 Å². The molecule has 1 atom stereocenters. The summed E-state index contributed by atoms with van der Waals surface area (Å²) < 4.78 is 12.4. The molecule has 3 aromatic rings. The van der Waals surface area contributed by atoms with Crippen LogP contribution in [-0.4, -0.2) is 22.0 Å². The van der Waals surface area contributed by atoms with E-state index in [0.717, 1.165) is 16.7 Å². The molecule has 0 aliphatic heterocycles. The van der Waals surface area contributed by atoms with E-state index in [2.05, 4.69) is 0 Å². The van der Waals surface area contributed by atoms with Gasteiger partial charge in [0, 0.05) is 16.4 Å². The zero-order chi connectivity index (χ0) is 23.2. The number of carbonyl (C=O) groups is 2. The number of benzene rings is 3. The van der Waals surface area contributed by atoms with Crippen molar-refractivity contribution in [3.8, 4) is 0 Å². The first-order valence-electron chi connectivity index (χ1n) is 10.1. The van der Waals surface area contributed by atoms with Gasteiger partial charge in [-0.05, 0) is 45.7 Å². The summed E-state index contributed by atoms with van der Waals surface area (Å²) in [5.41, 5.74) is 2.55. The molecule has 0 heterocycles. The molecule has 3 aromatic carbocycles. The highest BCUT2D eigenvalue weighted by molar-refractivity contribution is 7.71. The molecule has 31 heavy (non-hydrogen) atoms. The van der Waals surface area contributed by atoms with Crippen molar-refractivity contribution < 1.29 is 19.3 Å². The molecule has 0 aliphatic carbocycles. The lowest BCUT2D eigenvalue weighted by Crippen LogP contribution is -2.30. The highest BCUT2D eigenvalue weighted by Crippen LogP contribution is 2.30. The molecule has 1 N–H and O–H groups in total. The molecule has 4 nitrogen and oxygen atoms in total. The van der Waals surface area contributed by atoms with Gasteiger partial charge in [0.2, 0.25) is 5.52 Å². The van der Waals surface area contributed by atoms with Gasteiger partial charge in [0.25, 0.3) is 0 Å². The Hall–Kier alpha value is -2.81. The van der Waals surface area contributed by atoms with Crippen molar-refractivity contribution in [1.82, 2.24) is 0 Å². The van der Waals surface area contributed by atoms with Gasteiger partial charge >= 0.3 is 0 Å². The second kappa shape index (κ2) is 10.5. The van der Waals surface area contributed by atoms with Crippen molar-refractivity contribution >= 4 is 24.4 Å². The van der Waals surface area contributed by atoms with Crippen LogP contribution in [0.15, 0.2) is 72.8 Å². The lowest BCUT2D eigenvalue weighted by molar-refractivity contribution is 0.0488. The number of hydrogen-bond donors (Lipinski definition) is 1. The van der Waals surface area contributed by atoms with Crippen LogP contribution in [0.1, 0.15) is 51.3 Å². The number of aryl methyl sites for hydroxylation is 3. The van der Waals surface area contributed by atoms with Crippen LogP contribution < -0.4 is 5.30 Å². The van der Waals surface area contributed by atoms with Crippen molar-refractivity contribution in [2.75, 3.05) is 0 Å². The highest BCUT2D eigenvalue weighted by atomic mass is 31.1. The zero-order valence-electron chi connectivity index (χ0n) is 18.6. The number of ketones is 1. The summed E-state index contributed by atoms with van der Waals surface area (Å²) in [5.74, 6) is -0.247. The second-order valence-electron chi connectivity index (χ2n) is 8.05. The van der Waals surface area contributed by atoms with Crippen molar-refractivity contribution in [2.24, 2.45) is 0 Å². The maximum atomic E-state index is 12.4. The summed E-state index contributed by atoms with van der Waals surface area (Å²) >= 11 is 0. The van der Waals surface area contributed by atoms with Gasteiger partial charge in [-0.2, -0.15) is 0 Å². The van der Waals surface area contributed by atoms with Gasteiger partial charge in [0.1, 0.15) is 5.60 Å². The SMILES string of the molecule is CC(C)(O)C(=O)c1ccccc1.Cc1cc(C)c(C(=O)[PH](=O)c2ccccc2)c(C)c1. The molecule has 0 amide bonds. The Balaban J connectivity index is 0.000000245. The Morgan fingerprint density at radius 2 is 1.26 bits per heavy atom. The first kappa shape index (κ1) is 24.5. The van der Waals surface area contributed by atoms with E-state index >= 15 is 0 Å². The van der Waals surface area contributed by atoms with Crippen molar-refractivity contribution in [3.63, 3.8) is 0 Å². The third kappa shape index (κ3) is 6.58. The summed E-state index contributed by atoms with van der Waals surface area (Å²) in [6, 6.07) is 21.7. The average molecular weight is 436 g/mol. The van der Waals surface area contributed by atoms with E-state index < -0.39 is 13.4 Å². The molecule has 1 unspecified atom stereocenters. The summed E-state index contributed by atoms with van der Waals surface area (Å²) in [6.45, 7) is 8.76. The van der Waals surface area contributed by atoms with E-state index in [9.17, 15) is 19.3 Å². The molecule has 0 fully saturated rings. The minimum absolute atomic E-state index is 0.244. The van der Waals surface area contributed by atoms with Crippen LogP contribution in [-0.2, 0) is 4.57 Å². The van der Waals surface area contributed by atoms with E-state index in [1.807, 2.05) is 45.0 Å². The fourth-order valence-corrected chi connectivity index (χ4v) is 4.69. The van der Waals surface area contributed by atoms with E-state index in [1.54, 1.807) is 48.5 Å². The molecule has 0 spiro atoms. The van der Waals surface area contributed by atoms with Gasteiger partial charge < -0.3 is 9.67 Å². The molecule has 0 aliphatic rings. The maximum Gasteiger partial charge on any atom is 0.223 e. The van der Waals surface area contributed by atoms with E-state index in [4.69, 9.17) is 0 Å². The molecule has 3 rings (SSSR count). The number of Topliss-reactive ketones (excluding diaryl/α,β-unsaturated/α-hetero) is 1. The normalized spacial score (nSPS) is 11.8. The van der Waals surface area contributed by atoms with Crippen molar-refractivity contribution in [2.45, 2.75) is 40.2 Å². The third-order valence-corrected chi connectivity index (χ3v) is 6.26. The smallest absolute Gasteiger partial charge is 0.223 e. The highest BCUT2D eigenvalue weighted by Gasteiger charge is 2.24. The monoisotopic (exact) mass is 436 g/mol. The Kier molecular flexibility index (Phi) is 8.27. The predicted molar refractivity (Wildman–Crippen MR) is 127 cm³/mol. The molecule has 0 saturated carbocycles.